The predicted molar refractivity (Wildman–Crippen MR) is 155 cm³/mol. The molecule has 4 N–H and O–H groups in total. The van der Waals surface area contributed by atoms with Gasteiger partial charge in [-0.3, -0.25) is 9.59 Å². The van der Waals surface area contributed by atoms with Crippen LogP contribution in [0.2, 0.25) is 5.02 Å². The van der Waals surface area contributed by atoms with Gasteiger partial charge < -0.3 is 35.4 Å². The second-order valence-corrected chi connectivity index (χ2v) is 11.1. The number of hydrogen-bond donors (Lipinski definition) is 4. The molecule has 2 atom stereocenters. The van der Waals surface area contributed by atoms with Gasteiger partial charge in [0.2, 0.25) is 11.6 Å². The molecule has 1 aliphatic heterocycles. The first-order valence-corrected chi connectivity index (χ1v) is 14.5. The fourth-order valence-electron chi connectivity index (χ4n) is 5.18. The second-order valence-electron chi connectivity index (χ2n) is 10.7. The zero-order valence-electron chi connectivity index (χ0n) is 23.4. The number of rotatable bonds is 10. The SMILES string of the molecule is O=CC(O)(CNC(=O)N1CCOc2ccccc2C1)NC(=O)[C@H](CC1CCCCC1)NC(=O)OCc1cccc(Cl)c1. The van der Waals surface area contributed by atoms with Crippen LogP contribution < -0.4 is 20.7 Å². The van der Waals surface area contributed by atoms with Crippen LogP contribution in [0.5, 0.6) is 5.75 Å². The van der Waals surface area contributed by atoms with E-state index in [1.165, 1.54) is 4.90 Å². The van der Waals surface area contributed by atoms with Crippen molar-refractivity contribution in [3.63, 3.8) is 0 Å². The number of aliphatic hydroxyl groups is 1. The minimum absolute atomic E-state index is 0.0551. The van der Waals surface area contributed by atoms with Gasteiger partial charge in [-0.15, -0.1) is 0 Å². The Bertz CT molecular complexity index is 1260. The van der Waals surface area contributed by atoms with E-state index in [-0.39, 0.29) is 38.5 Å². The van der Waals surface area contributed by atoms with Crippen LogP contribution in [0.25, 0.3) is 0 Å². The highest BCUT2D eigenvalue weighted by molar-refractivity contribution is 6.30. The zero-order chi connectivity index (χ0) is 30.0. The summed E-state index contributed by atoms with van der Waals surface area (Å²) in [5.41, 5.74) is -0.899. The molecule has 42 heavy (non-hydrogen) atoms. The molecule has 1 aliphatic carbocycles. The average Bonchev–Trinajstić information content (AvgIpc) is 3.22. The van der Waals surface area contributed by atoms with Gasteiger partial charge in [0, 0.05) is 10.6 Å². The Morgan fingerprint density at radius 3 is 2.69 bits per heavy atom. The third kappa shape index (κ3) is 9.09. The van der Waals surface area contributed by atoms with Crippen molar-refractivity contribution in [1.82, 2.24) is 20.9 Å². The summed E-state index contributed by atoms with van der Waals surface area (Å²) in [7, 11) is 0. The Kier molecular flexibility index (Phi) is 11.0. The van der Waals surface area contributed by atoms with Gasteiger partial charge in [0.1, 0.15) is 25.0 Å². The fourth-order valence-corrected chi connectivity index (χ4v) is 5.40. The number of ether oxygens (including phenoxy) is 2. The summed E-state index contributed by atoms with van der Waals surface area (Å²) in [5.74, 6) is 0.105. The molecule has 12 heteroatoms. The number of para-hydroxylation sites is 1. The lowest BCUT2D eigenvalue weighted by Crippen LogP contribution is -2.62. The van der Waals surface area contributed by atoms with E-state index >= 15 is 0 Å². The summed E-state index contributed by atoms with van der Waals surface area (Å²) >= 11 is 5.99. The number of amides is 4. The van der Waals surface area contributed by atoms with Gasteiger partial charge >= 0.3 is 12.1 Å². The molecular weight excluding hydrogens is 564 g/mol. The smallest absolute Gasteiger partial charge is 0.408 e. The van der Waals surface area contributed by atoms with Crippen LogP contribution >= 0.6 is 11.6 Å². The third-order valence-electron chi connectivity index (χ3n) is 7.44. The molecule has 1 heterocycles. The minimum atomic E-state index is -2.40. The number of halogens is 1. The first-order chi connectivity index (χ1) is 20.2. The number of nitrogens with one attached hydrogen (secondary N) is 3. The van der Waals surface area contributed by atoms with Crippen LogP contribution in [-0.4, -0.2) is 65.8 Å². The summed E-state index contributed by atoms with van der Waals surface area (Å²) < 4.78 is 11.0. The van der Waals surface area contributed by atoms with E-state index < -0.39 is 36.3 Å². The van der Waals surface area contributed by atoms with Crippen molar-refractivity contribution in [2.75, 3.05) is 19.7 Å². The molecule has 11 nitrogen and oxygen atoms in total. The van der Waals surface area contributed by atoms with Crippen LogP contribution in [0.1, 0.15) is 49.7 Å². The maximum Gasteiger partial charge on any atom is 0.408 e. The summed E-state index contributed by atoms with van der Waals surface area (Å²) in [4.78, 5) is 52.3. The van der Waals surface area contributed by atoms with Gasteiger partial charge in [0.15, 0.2) is 6.29 Å². The maximum atomic E-state index is 13.3. The largest absolute Gasteiger partial charge is 0.491 e. The van der Waals surface area contributed by atoms with E-state index in [9.17, 15) is 24.3 Å². The van der Waals surface area contributed by atoms with Gasteiger partial charge in [-0.05, 0) is 36.1 Å². The molecule has 2 aromatic carbocycles. The molecule has 2 aliphatic rings. The molecule has 1 unspecified atom stereocenters. The molecule has 2 aromatic rings. The summed E-state index contributed by atoms with van der Waals surface area (Å²) in [6.07, 6.45) is 4.61. The van der Waals surface area contributed by atoms with E-state index in [0.717, 1.165) is 37.7 Å². The lowest BCUT2D eigenvalue weighted by Gasteiger charge is -2.30. The molecule has 0 radical (unpaired) electrons. The number of fused-ring (bicyclic) bond motifs is 1. The number of benzene rings is 2. The number of alkyl carbamates (subject to hydrolysis) is 1. The Morgan fingerprint density at radius 2 is 1.93 bits per heavy atom. The highest BCUT2D eigenvalue weighted by atomic mass is 35.5. The van der Waals surface area contributed by atoms with Gasteiger partial charge in [0.05, 0.1) is 19.6 Å². The van der Waals surface area contributed by atoms with Crippen molar-refractivity contribution in [2.24, 2.45) is 5.92 Å². The average molecular weight is 601 g/mol. The number of carbonyl (C=O) groups is 4. The van der Waals surface area contributed by atoms with E-state index in [0.29, 0.717) is 22.8 Å². The van der Waals surface area contributed by atoms with Gasteiger partial charge in [-0.2, -0.15) is 0 Å². The number of aldehydes is 1. The molecule has 4 amide bonds. The molecule has 0 saturated heterocycles. The molecule has 0 bridgehead atoms. The van der Waals surface area contributed by atoms with E-state index in [2.05, 4.69) is 16.0 Å². The van der Waals surface area contributed by atoms with E-state index in [1.54, 1.807) is 24.3 Å². The van der Waals surface area contributed by atoms with Crippen LogP contribution in [-0.2, 0) is 27.5 Å². The van der Waals surface area contributed by atoms with Crippen molar-refractivity contribution in [3.05, 3.63) is 64.7 Å². The molecule has 0 aromatic heterocycles. The van der Waals surface area contributed by atoms with Crippen molar-refractivity contribution >= 4 is 35.9 Å². The summed E-state index contributed by atoms with van der Waals surface area (Å²) in [6, 6.07) is 12.6. The number of urea groups is 1. The maximum absolute atomic E-state index is 13.3. The molecule has 226 valence electrons. The van der Waals surface area contributed by atoms with Crippen molar-refractivity contribution in [3.8, 4) is 5.75 Å². The monoisotopic (exact) mass is 600 g/mol. The first-order valence-electron chi connectivity index (χ1n) is 14.2. The van der Waals surface area contributed by atoms with Crippen LogP contribution in [0.4, 0.5) is 9.59 Å². The van der Waals surface area contributed by atoms with Crippen LogP contribution in [0, 0.1) is 5.92 Å². The van der Waals surface area contributed by atoms with Crippen LogP contribution in [0.15, 0.2) is 48.5 Å². The second kappa shape index (κ2) is 14.9. The number of hydrogen-bond acceptors (Lipinski definition) is 7. The van der Waals surface area contributed by atoms with E-state index in [1.807, 2.05) is 24.3 Å². The molecule has 1 saturated carbocycles. The van der Waals surface area contributed by atoms with Crippen molar-refractivity contribution < 1.29 is 33.8 Å². The minimum Gasteiger partial charge on any atom is -0.491 e. The standard InChI is InChI=1S/C30H37ClN4O7/c31-24-11-6-9-22(15-24)18-42-29(39)33-25(16-21-7-2-1-3-8-21)27(37)34-30(40,20-36)19-32-28(38)35-13-14-41-26-12-5-4-10-23(26)17-35/h4-6,9-12,15,20-21,25,40H,1-3,7-8,13-14,16-19H2,(H,32,38)(H,33,39)(H,34,37)/t25-,30?/m0/s1. The van der Waals surface area contributed by atoms with Crippen molar-refractivity contribution in [1.29, 1.82) is 0 Å². The number of nitrogens with zero attached hydrogens (tertiary/aromatic N) is 1. The number of carbonyl (C=O) groups excluding carboxylic acids is 4. The summed E-state index contributed by atoms with van der Waals surface area (Å²) in [5, 5.41) is 18.8. The quantitative estimate of drug-likeness (QED) is 0.241. The Labute approximate surface area is 249 Å². The lowest BCUT2D eigenvalue weighted by atomic mass is 9.84. The molecular formula is C30H37ClN4O7. The Balaban J connectivity index is 1.36. The van der Waals surface area contributed by atoms with Gasteiger partial charge in [-0.1, -0.05) is 74.0 Å². The topological polar surface area (TPSA) is 146 Å². The van der Waals surface area contributed by atoms with E-state index in [4.69, 9.17) is 21.1 Å². The third-order valence-corrected chi connectivity index (χ3v) is 7.68. The Hall–Kier alpha value is -3.83. The normalized spacial score (nSPS) is 17.3. The highest BCUT2D eigenvalue weighted by Gasteiger charge is 2.35. The fraction of sp³-hybridized carbons (Fsp3) is 0.467. The molecule has 1 fully saturated rings. The molecule has 0 spiro atoms. The predicted octanol–water partition coefficient (Wildman–Crippen LogP) is 3.51. The van der Waals surface area contributed by atoms with Crippen LogP contribution in [0.3, 0.4) is 0 Å². The molecule has 4 rings (SSSR count). The first kappa shape index (κ1) is 31.1. The van der Waals surface area contributed by atoms with Gasteiger partial charge in [0.25, 0.3) is 0 Å². The van der Waals surface area contributed by atoms with Gasteiger partial charge in [-0.25, -0.2) is 9.59 Å². The Morgan fingerprint density at radius 1 is 1.14 bits per heavy atom. The zero-order valence-corrected chi connectivity index (χ0v) is 24.1. The summed E-state index contributed by atoms with van der Waals surface area (Å²) in [6.45, 7) is 0.215. The van der Waals surface area contributed by atoms with Crippen molar-refractivity contribution in [2.45, 2.75) is 63.4 Å². The highest BCUT2D eigenvalue weighted by Crippen LogP contribution is 2.28. The lowest BCUT2D eigenvalue weighted by molar-refractivity contribution is -0.139.